The van der Waals surface area contributed by atoms with Crippen molar-refractivity contribution >= 4 is 28.6 Å². The van der Waals surface area contributed by atoms with Crippen molar-refractivity contribution < 1.29 is 27.4 Å². The van der Waals surface area contributed by atoms with Crippen LogP contribution in [0.4, 0.5) is 13.2 Å². The SMILES string of the molecule is COc1ccc2c(C(F)(F)F)cc(SCC(=O)N3CCOCC3)nc2c1. The number of benzene rings is 1. The number of carbonyl (C=O) groups is 1. The van der Waals surface area contributed by atoms with Gasteiger partial charge in [-0.1, -0.05) is 11.8 Å². The molecule has 1 aromatic heterocycles. The number of hydrogen-bond donors (Lipinski definition) is 0. The molecule has 0 N–H and O–H groups in total. The quantitative estimate of drug-likeness (QED) is 0.756. The van der Waals surface area contributed by atoms with E-state index in [4.69, 9.17) is 9.47 Å². The molecule has 2 aromatic rings. The highest BCUT2D eigenvalue weighted by molar-refractivity contribution is 7.99. The third-order valence-corrected chi connectivity index (χ3v) is 4.90. The number of hydrogen-bond acceptors (Lipinski definition) is 5. The maximum Gasteiger partial charge on any atom is 0.417 e. The van der Waals surface area contributed by atoms with Crippen molar-refractivity contribution in [1.29, 1.82) is 0 Å². The number of alkyl halides is 3. The van der Waals surface area contributed by atoms with Crippen LogP contribution < -0.4 is 4.74 Å². The van der Waals surface area contributed by atoms with E-state index < -0.39 is 11.7 Å². The van der Waals surface area contributed by atoms with Gasteiger partial charge in [-0.25, -0.2) is 4.98 Å². The predicted molar refractivity (Wildman–Crippen MR) is 91.4 cm³/mol. The number of aromatic nitrogens is 1. The number of carbonyl (C=O) groups excluding carboxylic acids is 1. The molecule has 0 spiro atoms. The summed E-state index contributed by atoms with van der Waals surface area (Å²) < 4.78 is 50.5. The van der Waals surface area contributed by atoms with Crippen LogP contribution >= 0.6 is 11.8 Å². The molecular formula is C17H17F3N2O3S. The van der Waals surface area contributed by atoms with Gasteiger partial charge in [0, 0.05) is 24.5 Å². The number of nitrogens with zero attached hydrogens (tertiary/aromatic N) is 2. The summed E-state index contributed by atoms with van der Waals surface area (Å²) in [4.78, 5) is 18.1. The molecule has 0 atom stereocenters. The van der Waals surface area contributed by atoms with Gasteiger partial charge in [0.15, 0.2) is 0 Å². The molecule has 3 rings (SSSR count). The van der Waals surface area contributed by atoms with Crippen LogP contribution in [0.3, 0.4) is 0 Å². The molecule has 0 saturated carbocycles. The minimum Gasteiger partial charge on any atom is -0.497 e. The highest BCUT2D eigenvalue weighted by Gasteiger charge is 2.33. The molecule has 1 aromatic carbocycles. The second-order valence-electron chi connectivity index (χ2n) is 5.67. The summed E-state index contributed by atoms with van der Waals surface area (Å²) in [5, 5.41) is 0.154. The molecule has 26 heavy (non-hydrogen) atoms. The first-order valence-corrected chi connectivity index (χ1v) is 8.91. The second-order valence-corrected chi connectivity index (χ2v) is 6.67. The minimum absolute atomic E-state index is 0.00200. The van der Waals surface area contributed by atoms with Crippen molar-refractivity contribution in [1.82, 2.24) is 9.88 Å². The first kappa shape index (κ1) is 18.8. The molecule has 1 aliphatic rings. The summed E-state index contributed by atoms with van der Waals surface area (Å²) in [5.41, 5.74) is -0.591. The molecule has 0 aliphatic carbocycles. The lowest BCUT2D eigenvalue weighted by atomic mass is 10.1. The van der Waals surface area contributed by atoms with E-state index in [2.05, 4.69) is 4.98 Å². The van der Waals surface area contributed by atoms with Crippen LogP contribution in [-0.2, 0) is 15.7 Å². The molecule has 5 nitrogen and oxygen atoms in total. The number of rotatable bonds is 4. The molecule has 0 radical (unpaired) electrons. The molecular weight excluding hydrogens is 369 g/mol. The first-order chi connectivity index (χ1) is 12.4. The summed E-state index contributed by atoms with van der Waals surface area (Å²) in [7, 11) is 1.44. The lowest BCUT2D eigenvalue weighted by Gasteiger charge is -2.26. The molecule has 140 valence electrons. The number of pyridine rings is 1. The molecule has 2 heterocycles. The average molecular weight is 386 g/mol. The summed E-state index contributed by atoms with van der Waals surface area (Å²) >= 11 is 0.997. The minimum atomic E-state index is -4.51. The number of fused-ring (bicyclic) bond motifs is 1. The Morgan fingerprint density at radius 1 is 1.31 bits per heavy atom. The van der Waals surface area contributed by atoms with Crippen molar-refractivity contribution in [3.05, 3.63) is 29.8 Å². The fraction of sp³-hybridized carbons (Fsp3) is 0.412. The molecule has 0 unspecified atom stereocenters. The molecule has 1 fully saturated rings. The van der Waals surface area contributed by atoms with E-state index in [1.54, 1.807) is 4.90 Å². The Kier molecular flexibility index (Phi) is 5.57. The molecule has 1 saturated heterocycles. The van der Waals surface area contributed by atoms with Crippen molar-refractivity contribution in [3.8, 4) is 5.75 Å². The Hall–Kier alpha value is -2.00. The lowest BCUT2D eigenvalue weighted by molar-refractivity contribution is -0.136. The maximum absolute atomic E-state index is 13.4. The lowest BCUT2D eigenvalue weighted by Crippen LogP contribution is -2.41. The van der Waals surface area contributed by atoms with Gasteiger partial charge in [0.1, 0.15) is 5.75 Å². The number of methoxy groups -OCH3 is 1. The van der Waals surface area contributed by atoms with Gasteiger partial charge in [-0.05, 0) is 18.2 Å². The van der Waals surface area contributed by atoms with E-state index in [0.717, 1.165) is 17.8 Å². The van der Waals surface area contributed by atoms with Gasteiger partial charge < -0.3 is 14.4 Å². The summed E-state index contributed by atoms with van der Waals surface area (Å²) in [6.45, 7) is 1.94. The summed E-state index contributed by atoms with van der Waals surface area (Å²) in [5.74, 6) is 0.309. The second kappa shape index (κ2) is 7.71. The third-order valence-electron chi connectivity index (χ3n) is 4.01. The van der Waals surface area contributed by atoms with Gasteiger partial charge in [-0.3, -0.25) is 4.79 Å². The fourth-order valence-electron chi connectivity index (χ4n) is 2.66. The van der Waals surface area contributed by atoms with Gasteiger partial charge >= 0.3 is 6.18 Å². The topological polar surface area (TPSA) is 51.7 Å². The predicted octanol–water partition coefficient (Wildman–Crippen LogP) is 3.21. The zero-order valence-corrected chi connectivity index (χ0v) is 14.8. The number of amides is 1. The first-order valence-electron chi connectivity index (χ1n) is 7.93. The Bertz CT molecular complexity index is 808. The van der Waals surface area contributed by atoms with Crippen LogP contribution in [0.5, 0.6) is 5.75 Å². The van der Waals surface area contributed by atoms with Crippen LogP contribution in [0.15, 0.2) is 29.3 Å². The Morgan fingerprint density at radius 2 is 2.04 bits per heavy atom. The van der Waals surface area contributed by atoms with Crippen molar-refractivity contribution in [2.75, 3.05) is 39.2 Å². The van der Waals surface area contributed by atoms with E-state index in [1.165, 1.54) is 25.3 Å². The number of morpholine rings is 1. The van der Waals surface area contributed by atoms with Crippen molar-refractivity contribution in [2.24, 2.45) is 0 Å². The average Bonchev–Trinajstić information content (AvgIpc) is 2.64. The van der Waals surface area contributed by atoms with Crippen molar-refractivity contribution in [3.63, 3.8) is 0 Å². The number of halogens is 3. The molecule has 1 amide bonds. The van der Waals surface area contributed by atoms with E-state index in [0.29, 0.717) is 32.1 Å². The zero-order chi connectivity index (χ0) is 18.7. The van der Waals surface area contributed by atoms with Gasteiger partial charge in [-0.2, -0.15) is 13.2 Å². The largest absolute Gasteiger partial charge is 0.497 e. The van der Waals surface area contributed by atoms with Crippen LogP contribution in [0.2, 0.25) is 0 Å². The smallest absolute Gasteiger partial charge is 0.417 e. The van der Waals surface area contributed by atoms with E-state index in [1.807, 2.05) is 0 Å². The summed E-state index contributed by atoms with van der Waals surface area (Å²) in [6, 6.07) is 5.26. The normalized spacial score (nSPS) is 15.3. The van der Waals surface area contributed by atoms with E-state index in [9.17, 15) is 18.0 Å². The van der Waals surface area contributed by atoms with Gasteiger partial charge in [0.05, 0.1) is 42.2 Å². The molecule has 1 aliphatic heterocycles. The van der Waals surface area contributed by atoms with Crippen LogP contribution in [-0.4, -0.2) is 55.0 Å². The molecule has 9 heteroatoms. The van der Waals surface area contributed by atoms with Gasteiger partial charge in [0.2, 0.25) is 5.91 Å². The monoisotopic (exact) mass is 386 g/mol. The Morgan fingerprint density at radius 3 is 2.69 bits per heavy atom. The van der Waals surface area contributed by atoms with Crippen LogP contribution in [0.25, 0.3) is 10.9 Å². The van der Waals surface area contributed by atoms with E-state index >= 15 is 0 Å². The van der Waals surface area contributed by atoms with Crippen molar-refractivity contribution in [2.45, 2.75) is 11.2 Å². The Labute approximate surface area is 152 Å². The molecule has 0 bridgehead atoms. The highest BCUT2D eigenvalue weighted by atomic mass is 32.2. The van der Waals surface area contributed by atoms with Crippen LogP contribution in [0, 0.1) is 0 Å². The fourth-order valence-corrected chi connectivity index (χ4v) is 3.48. The zero-order valence-electron chi connectivity index (χ0n) is 14.0. The Balaban J connectivity index is 1.86. The maximum atomic E-state index is 13.4. The highest BCUT2D eigenvalue weighted by Crippen LogP contribution is 2.37. The standard InChI is InChI=1S/C17H17F3N2O3S/c1-24-11-2-3-12-13(17(18,19)20)9-15(21-14(12)8-11)26-10-16(23)22-4-6-25-7-5-22/h2-3,8-9H,4-7,10H2,1H3. The van der Waals surface area contributed by atoms with Gasteiger partial charge in [0.25, 0.3) is 0 Å². The van der Waals surface area contributed by atoms with Gasteiger partial charge in [-0.15, -0.1) is 0 Å². The third kappa shape index (κ3) is 4.21. The summed E-state index contributed by atoms with van der Waals surface area (Å²) in [6.07, 6.45) is -4.51. The van der Waals surface area contributed by atoms with Crippen LogP contribution in [0.1, 0.15) is 5.56 Å². The van der Waals surface area contributed by atoms with E-state index in [-0.39, 0.29) is 27.6 Å². The number of ether oxygens (including phenoxy) is 2. The number of thioether (sulfide) groups is 1.